The zero-order chi connectivity index (χ0) is 15.8. The predicted molar refractivity (Wildman–Crippen MR) is 89.0 cm³/mol. The summed E-state index contributed by atoms with van der Waals surface area (Å²) in [6, 6.07) is 10.2. The maximum atomic E-state index is 6.29. The van der Waals surface area contributed by atoms with Crippen molar-refractivity contribution < 1.29 is 14.2 Å². The van der Waals surface area contributed by atoms with Crippen molar-refractivity contribution >= 4 is 11.6 Å². The molecule has 0 aliphatic carbocycles. The van der Waals surface area contributed by atoms with Crippen molar-refractivity contribution in [3.05, 3.63) is 52.0 Å². The summed E-state index contributed by atoms with van der Waals surface area (Å²) in [5.41, 5.74) is 3.64. The predicted octanol–water partition coefficient (Wildman–Crippen LogP) is 3.35. The molecular formula is C18H18ClNO3. The lowest BCUT2D eigenvalue weighted by molar-refractivity contribution is 0.171. The molecule has 0 saturated carbocycles. The van der Waals surface area contributed by atoms with E-state index in [-0.39, 0.29) is 6.04 Å². The third kappa shape index (κ3) is 2.62. The van der Waals surface area contributed by atoms with Crippen molar-refractivity contribution in [2.75, 3.05) is 26.9 Å². The van der Waals surface area contributed by atoms with Gasteiger partial charge in [0.2, 0.25) is 0 Å². The summed E-state index contributed by atoms with van der Waals surface area (Å²) in [6.45, 7) is 2.13. The maximum absolute atomic E-state index is 6.29. The van der Waals surface area contributed by atoms with Crippen molar-refractivity contribution in [3.8, 4) is 17.2 Å². The van der Waals surface area contributed by atoms with Crippen LogP contribution >= 0.6 is 11.6 Å². The molecule has 2 aliphatic heterocycles. The smallest absolute Gasteiger partial charge is 0.161 e. The van der Waals surface area contributed by atoms with Gasteiger partial charge in [0, 0.05) is 6.54 Å². The number of fused-ring (bicyclic) bond motifs is 2. The highest BCUT2D eigenvalue weighted by Gasteiger charge is 2.25. The molecule has 0 bridgehead atoms. The second kappa shape index (κ2) is 5.95. The second-order valence-corrected chi connectivity index (χ2v) is 6.13. The molecule has 1 unspecified atom stereocenters. The van der Waals surface area contributed by atoms with Crippen molar-refractivity contribution in [2.45, 2.75) is 12.5 Å². The first-order valence-corrected chi connectivity index (χ1v) is 8.13. The molecule has 2 aromatic carbocycles. The molecule has 0 amide bonds. The van der Waals surface area contributed by atoms with Crippen LogP contribution in [0, 0.1) is 0 Å². The molecule has 0 saturated heterocycles. The highest BCUT2D eigenvalue weighted by Crippen LogP contribution is 2.39. The molecule has 1 atom stereocenters. The van der Waals surface area contributed by atoms with E-state index < -0.39 is 0 Å². The number of ether oxygens (including phenoxy) is 3. The second-order valence-electron chi connectivity index (χ2n) is 5.73. The van der Waals surface area contributed by atoms with E-state index in [4.69, 9.17) is 25.8 Å². The van der Waals surface area contributed by atoms with E-state index in [1.807, 2.05) is 18.2 Å². The number of hydrogen-bond donors (Lipinski definition) is 1. The fraction of sp³-hybridized carbons (Fsp3) is 0.333. The van der Waals surface area contributed by atoms with Crippen LogP contribution in [0.3, 0.4) is 0 Å². The first kappa shape index (κ1) is 14.7. The van der Waals surface area contributed by atoms with Crippen LogP contribution in [0.4, 0.5) is 0 Å². The van der Waals surface area contributed by atoms with Gasteiger partial charge in [-0.05, 0) is 47.4 Å². The average molecular weight is 332 g/mol. The Balaban J connectivity index is 1.76. The quantitative estimate of drug-likeness (QED) is 0.916. The van der Waals surface area contributed by atoms with Crippen molar-refractivity contribution in [1.82, 2.24) is 5.32 Å². The molecule has 2 aromatic rings. The zero-order valence-electron chi connectivity index (χ0n) is 12.9. The van der Waals surface area contributed by atoms with Gasteiger partial charge in [0.1, 0.15) is 19.0 Å². The van der Waals surface area contributed by atoms with E-state index >= 15 is 0 Å². The molecule has 4 nitrogen and oxygen atoms in total. The largest absolute Gasteiger partial charge is 0.495 e. The Bertz CT molecular complexity index is 747. The van der Waals surface area contributed by atoms with Gasteiger partial charge in [0.15, 0.2) is 11.5 Å². The lowest BCUT2D eigenvalue weighted by atomic mass is 9.89. The molecule has 0 radical (unpaired) electrons. The minimum Gasteiger partial charge on any atom is -0.495 e. The van der Waals surface area contributed by atoms with Crippen molar-refractivity contribution in [2.24, 2.45) is 0 Å². The number of hydrogen-bond acceptors (Lipinski definition) is 4. The third-order valence-corrected chi connectivity index (χ3v) is 4.66. The van der Waals surface area contributed by atoms with Gasteiger partial charge in [-0.3, -0.25) is 0 Å². The van der Waals surface area contributed by atoms with E-state index in [2.05, 4.69) is 17.4 Å². The Hall–Kier alpha value is -1.91. The average Bonchev–Trinajstić information content (AvgIpc) is 2.59. The number of benzene rings is 2. The first-order valence-electron chi connectivity index (χ1n) is 7.75. The lowest BCUT2D eigenvalue weighted by Crippen LogP contribution is -2.31. The van der Waals surface area contributed by atoms with Gasteiger partial charge < -0.3 is 19.5 Å². The molecule has 23 heavy (non-hydrogen) atoms. The summed E-state index contributed by atoms with van der Waals surface area (Å²) in [5, 5.41) is 4.19. The summed E-state index contributed by atoms with van der Waals surface area (Å²) >= 11 is 6.29. The summed E-state index contributed by atoms with van der Waals surface area (Å²) in [5.74, 6) is 2.36. The Kier molecular flexibility index (Phi) is 3.79. The van der Waals surface area contributed by atoms with E-state index in [0.29, 0.717) is 24.0 Å². The Labute approximate surface area is 140 Å². The summed E-state index contributed by atoms with van der Waals surface area (Å²) in [4.78, 5) is 0. The first-order chi connectivity index (χ1) is 11.3. The van der Waals surface area contributed by atoms with Crippen LogP contribution in [0.5, 0.6) is 17.2 Å². The summed E-state index contributed by atoms with van der Waals surface area (Å²) in [7, 11) is 1.62. The zero-order valence-corrected chi connectivity index (χ0v) is 13.7. The Morgan fingerprint density at radius 2 is 1.91 bits per heavy atom. The maximum Gasteiger partial charge on any atom is 0.161 e. The minimum absolute atomic E-state index is 0.0954. The highest BCUT2D eigenvalue weighted by molar-refractivity contribution is 6.32. The molecule has 4 rings (SSSR count). The minimum atomic E-state index is 0.0954. The SMILES string of the molecule is COc1ccc(C2NCCc3cc4c(cc32)OCCO4)cc1Cl. The van der Waals surface area contributed by atoms with Crippen LogP contribution in [-0.4, -0.2) is 26.9 Å². The molecular weight excluding hydrogens is 314 g/mol. The normalized spacial score (nSPS) is 19.1. The topological polar surface area (TPSA) is 39.7 Å². The number of halogens is 1. The standard InChI is InChI=1S/C18H18ClNO3/c1-21-15-3-2-12(8-14(15)19)18-13-10-17-16(22-6-7-23-17)9-11(13)4-5-20-18/h2-3,8-10,18,20H,4-7H2,1H3. The van der Waals surface area contributed by atoms with Crippen LogP contribution in [-0.2, 0) is 6.42 Å². The third-order valence-electron chi connectivity index (χ3n) is 4.37. The van der Waals surface area contributed by atoms with Crippen LogP contribution in [0.25, 0.3) is 0 Å². The van der Waals surface area contributed by atoms with Crippen LogP contribution in [0.15, 0.2) is 30.3 Å². The molecule has 2 aliphatic rings. The monoisotopic (exact) mass is 331 g/mol. The fourth-order valence-electron chi connectivity index (χ4n) is 3.25. The molecule has 0 aromatic heterocycles. The number of rotatable bonds is 2. The van der Waals surface area contributed by atoms with Crippen molar-refractivity contribution in [3.63, 3.8) is 0 Å². The highest BCUT2D eigenvalue weighted by atomic mass is 35.5. The Morgan fingerprint density at radius 3 is 2.65 bits per heavy atom. The van der Waals surface area contributed by atoms with Gasteiger partial charge in [0.25, 0.3) is 0 Å². The van der Waals surface area contributed by atoms with Crippen LogP contribution in [0.1, 0.15) is 22.7 Å². The van der Waals surface area contributed by atoms with Crippen molar-refractivity contribution in [1.29, 1.82) is 0 Å². The van der Waals surface area contributed by atoms with Gasteiger partial charge in [-0.15, -0.1) is 0 Å². The summed E-state index contributed by atoms with van der Waals surface area (Å²) in [6.07, 6.45) is 0.979. The van der Waals surface area contributed by atoms with Gasteiger partial charge in [-0.1, -0.05) is 17.7 Å². The van der Waals surface area contributed by atoms with Gasteiger partial charge in [-0.2, -0.15) is 0 Å². The number of methoxy groups -OCH3 is 1. The van der Waals surface area contributed by atoms with Crippen LogP contribution in [0.2, 0.25) is 5.02 Å². The van der Waals surface area contributed by atoms with E-state index in [1.165, 1.54) is 11.1 Å². The molecule has 0 fully saturated rings. The molecule has 120 valence electrons. The molecule has 0 spiro atoms. The molecule has 5 heteroatoms. The van der Waals surface area contributed by atoms with Gasteiger partial charge >= 0.3 is 0 Å². The van der Waals surface area contributed by atoms with E-state index in [1.54, 1.807) is 7.11 Å². The Morgan fingerprint density at radius 1 is 1.13 bits per heavy atom. The lowest BCUT2D eigenvalue weighted by Gasteiger charge is -2.30. The van der Waals surface area contributed by atoms with E-state index in [0.717, 1.165) is 30.0 Å². The van der Waals surface area contributed by atoms with Crippen LogP contribution < -0.4 is 19.5 Å². The fourth-order valence-corrected chi connectivity index (χ4v) is 3.52. The van der Waals surface area contributed by atoms with Gasteiger partial charge in [0.05, 0.1) is 18.2 Å². The molecule has 2 heterocycles. The van der Waals surface area contributed by atoms with Gasteiger partial charge in [-0.25, -0.2) is 0 Å². The van der Waals surface area contributed by atoms with E-state index in [9.17, 15) is 0 Å². The number of nitrogens with one attached hydrogen (secondary N) is 1. The summed E-state index contributed by atoms with van der Waals surface area (Å²) < 4.78 is 16.7. The molecule has 1 N–H and O–H groups in total.